The van der Waals surface area contributed by atoms with Crippen molar-refractivity contribution in [1.29, 1.82) is 0 Å². The molecule has 3 aromatic carbocycles. The van der Waals surface area contributed by atoms with E-state index in [-0.39, 0.29) is 42.9 Å². The number of nitrogens with zero attached hydrogens (tertiary/aromatic N) is 5. The van der Waals surface area contributed by atoms with Gasteiger partial charge >= 0.3 is 12.1 Å². The molecule has 14 nitrogen and oxygen atoms in total. The number of para-hydroxylation sites is 1. The summed E-state index contributed by atoms with van der Waals surface area (Å²) in [7, 11) is 3.84. The molecule has 6 rings (SSSR count). The van der Waals surface area contributed by atoms with Crippen molar-refractivity contribution in [3.63, 3.8) is 0 Å². The number of nitrogens with two attached hydrogens (primary N) is 1. The third-order valence-electron chi connectivity index (χ3n) is 9.24. The first kappa shape index (κ1) is 36.9. The monoisotopic (exact) mass is 729 g/mol. The van der Waals surface area contributed by atoms with Gasteiger partial charge in [0.2, 0.25) is 11.8 Å². The fourth-order valence-corrected chi connectivity index (χ4v) is 7.66. The Hall–Kier alpha value is -4.83. The summed E-state index contributed by atoms with van der Waals surface area (Å²) in [6, 6.07) is 21.4. The molecule has 5 N–H and O–H groups in total. The Morgan fingerprint density at radius 2 is 1.75 bits per heavy atom. The van der Waals surface area contributed by atoms with Gasteiger partial charge in [0, 0.05) is 44.0 Å². The molecule has 15 heteroatoms. The van der Waals surface area contributed by atoms with Crippen molar-refractivity contribution in [3.05, 3.63) is 89.5 Å². The van der Waals surface area contributed by atoms with Gasteiger partial charge in [-0.1, -0.05) is 73.3 Å². The Morgan fingerprint density at radius 1 is 0.981 bits per heavy atom. The van der Waals surface area contributed by atoms with Crippen LogP contribution in [0.1, 0.15) is 30.0 Å². The maximum atomic E-state index is 14.4. The molecule has 0 aliphatic carbocycles. The van der Waals surface area contributed by atoms with Crippen LogP contribution in [0.2, 0.25) is 0 Å². The molecule has 3 atom stereocenters. The van der Waals surface area contributed by atoms with Gasteiger partial charge in [-0.25, -0.2) is 9.59 Å². The quantitative estimate of drug-likeness (QED) is 0.206. The lowest BCUT2D eigenvalue weighted by atomic mass is 9.99. The maximum absolute atomic E-state index is 14.4. The van der Waals surface area contributed by atoms with Crippen molar-refractivity contribution >= 4 is 41.4 Å². The third-order valence-corrected chi connectivity index (χ3v) is 10.2. The lowest BCUT2D eigenvalue weighted by molar-refractivity contribution is -0.157. The van der Waals surface area contributed by atoms with E-state index in [1.165, 1.54) is 11.8 Å². The molecule has 2 fully saturated rings. The lowest BCUT2D eigenvalue weighted by Gasteiger charge is -2.46. The summed E-state index contributed by atoms with van der Waals surface area (Å²) in [6.07, 6.45) is -0.215. The molecule has 3 aromatic rings. The number of thioether (sulfide) groups is 1. The van der Waals surface area contributed by atoms with Gasteiger partial charge in [-0.3, -0.25) is 14.6 Å². The normalized spacial score (nSPS) is 19.7. The number of anilines is 1. The molecular formula is C37H47N9O5S. The van der Waals surface area contributed by atoms with Crippen molar-refractivity contribution in [3.8, 4) is 5.75 Å². The molecule has 0 radical (unpaired) electrons. The number of rotatable bonds is 13. The molecule has 1 unspecified atom stereocenters. The Labute approximate surface area is 308 Å². The zero-order valence-electron chi connectivity index (χ0n) is 29.8. The van der Waals surface area contributed by atoms with Gasteiger partial charge in [0.1, 0.15) is 23.5 Å². The summed E-state index contributed by atoms with van der Waals surface area (Å²) in [4.78, 5) is 60.7. The van der Waals surface area contributed by atoms with Gasteiger partial charge in [0.15, 0.2) is 0 Å². The van der Waals surface area contributed by atoms with E-state index in [9.17, 15) is 19.2 Å². The second kappa shape index (κ2) is 16.7. The Kier molecular flexibility index (Phi) is 11.8. The number of carbonyl (C=O) groups excluding carboxylic acids is 4. The van der Waals surface area contributed by atoms with Crippen molar-refractivity contribution in [2.45, 2.75) is 55.5 Å². The number of hydrazine groups is 1. The predicted octanol–water partition coefficient (Wildman–Crippen LogP) is 3.06. The minimum absolute atomic E-state index is 0.0372. The van der Waals surface area contributed by atoms with Crippen LogP contribution in [0.4, 0.5) is 15.3 Å². The smallest absolute Gasteiger partial charge is 0.410 e. The number of urea groups is 1. The number of hydrogen-bond donors (Lipinski definition) is 4. The topological polar surface area (TPSA) is 156 Å². The number of ether oxygens (including phenoxy) is 1. The van der Waals surface area contributed by atoms with Crippen LogP contribution in [0, 0.1) is 0 Å². The lowest BCUT2D eigenvalue weighted by Crippen LogP contribution is -2.66. The molecule has 3 aliphatic heterocycles. The minimum atomic E-state index is -0.824. The van der Waals surface area contributed by atoms with E-state index >= 15 is 0 Å². The van der Waals surface area contributed by atoms with Gasteiger partial charge in [0.05, 0.1) is 18.8 Å². The van der Waals surface area contributed by atoms with Crippen molar-refractivity contribution in [2.75, 3.05) is 52.1 Å². The second-order valence-corrected chi connectivity index (χ2v) is 14.5. The van der Waals surface area contributed by atoms with Crippen LogP contribution in [-0.4, -0.2) is 113 Å². The minimum Gasteiger partial charge on any atom is -0.410 e. The highest BCUT2D eigenvalue weighted by Gasteiger charge is 2.52. The van der Waals surface area contributed by atoms with E-state index in [2.05, 4.69) is 16.0 Å². The predicted molar refractivity (Wildman–Crippen MR) is 199 cm³/mol. The number of likely N-dealkylation sites (N-methyl/N-ethyl adjacent to an activating group) is 1. The van der Waals surface area contributed by atoms with E-state index in [0.717, 1.165) is 27.3 Å². The molecule has 3 heterocycles. The standard InChI is InChI=1S/C37H47N9O5S/c1-4-18-44(36(49)40-21-26-9-6-5-7-10-26)45-24-32(47)46-29(20-25-13-15-28(16-14-25)51-37(50)39-17-19-42(2)3)34(48)43(23-31(45)46)22-27-11-8-12-30-33(27)41-35(38)52-30/h5-16,29,31,35,41H,4,17-24,38H2,1-3H3,(H,39,50)(H,40,49)/t29-,31+,35?/m0/s1. The van der Waals surface area contributed by atoms with Crippen molar-refractivity contribution < 1.29 is 23.9 Å². The van der Waals surface area contributed by atoms with Crippen LogP contribution in [-0.2, 0) is 29.1 Å². The van der Waals surface area contributed by atoms with E-state index in [1.54, 1.807) is 39.1 Å². The van der Waals surface area contributed by atoms with Crippen LogP contribution in [0.15, 0.2) is 77.7 Å². The first-order chi connectivity index (χ1) is 25.1. The highest BCUT2D eigenvalue weighted by atomic mass is 32.2. The van der Waals surface area contributed by atoms with Crippen LogP contribution >= 0.6 is 11.8 Å². The molecule has 0 saturated carbocycles. The Bertz CT molecular complexity index is 1750. The second-order valence-electron chi connectivity index (χ2n) is 13.3. The summed E-state index contributed by atoms with van der Waals surface area (Å²) in [5.74, 6) is -0.0450. The molecule has 3 aliphatic rings. The van der Waals surface area contributed by atoms with Gasteiger partial charge < -0.3 is 41.1 Å². The summed E-state index contributed by atoms with van der Waals surface area (Å²) in [5, 5.41) is 12.5. The average Bonchev–Trinajstić information content (AvgIpc) is 3.67. The number of amides is 5. The van der Waals surface area contributed by atoms with Crippen LogP contribution in [0.3, 0.4) is 0 Å². The number of piperazine rings is 1. The summed E-state index contributed by atoms with van der Waals surface area (Å²) < 4.78 is 5.44. The van der Waals surface area contributed by atoms with Gasteiger partial charge in [-0.05, 0) is 55.4 Å². The molecule has 5 amide bonds. The van der Waals surface area contributed by atoms with Crippen molar-refractivity contribution in [2.24, 2.45) is 5.73 Å². The number of carbonyl (C=O) groups is 4. The maximum Gasteiger partial charge on any atom is 0.412 e. The molecule has 276 valence electrons. The number of fused-ring (bicyclic) bond motifs is 2. The highest BCUT2D eigenvalue weighted by Crippen LogP contribution is 2.40. The molecule has 0 aromatic heterocycles. The summed E-state index contributed by atoms with van der Waals surface area (Å²) >= 11 is 1.53. The van der Waals surface area contributed by atoms with Crippen LogP contribution in [0.5, 0.6) is 5.75 Å². The Morgan fingerprint density at radius 3 is 2.48 bits per heavy atom. The molecule has 0 bridgehead atoms. The largest absolute Gasteiger partial charge is 0.412 e. The van der Waals surface area contributed by atoms with E-state index < -0.39 is 18.3 Å². The van der Waals surface area contributed by atoms with Crippen LogP contribution < -0.4 is 26.4 Å². The first-order valence-electron chi connectivity index (χ1n) is 17.6. The summed E-state index contributed by atoms with van der Waals surface area (Å²) in [6.45, 7) is 4.33. The Balaban J connectivity index is 1.24. The zero-order chi connectivity index (χ0) is 36.8. The van der Waals surface area contributed by atoms with Crippen LogP contribution in [0.25, 0.3) is 0 Å². The molecular weight excluding hydrogens is 683 g/mol. The number of hydrogen-bond acceptors (Lipinski definition) is 10. The van der Waals surface area contributed by atoms with Gasteiger partial charge in [0.25, 0.3) is 0 Å². The zero-order valence-corrected chi connectivity index (χ0v) is 30.6. The number of benzene rings is 3. The summed E-state index contributed by atoms with van der Waals surface area (Å²) in [5.41, 5.74) is 9.49. The van der Waals surface area contributed by atoms with E-state index in [1.807, 2.05) is 79.5 Å². The average molecular weight is 730 g/mol. The van der Waals surface area contributed by atoms with Crippen molar-refractivity contribution in [1.82, 2.24) is 35.4 Å². The fraction of sp³-hybridized carbons (Fsp3) is 0.405. The number of nitrogens with one attached hydrogen (secondary N) is 3. The third kappa shape index (κ3) is 8.61. The fourth-order valence-electron chi connectivity index (χ4n) is 6.74. The molecule has 0 spiro atoms. The molecule has 52 heavy (non-hydrogen) atoms. The molecule has 2 saturated heterocycles. The van der Waals surface area contributed by atoms with Gasteiger partial charge in [-0.2, -0.15) is 5.01 Å². The van der Waals surface area contributed by atoms with E-state index in [4.69, 9.17) is 10.5 Å². The SMILES string of the molecule is CCCN(C(=O)NCc1ccccc1)N1CC(=O)N2[C@@H](Cc3ccc(OC(=O)NCCN(C)C)cc3)C(=O)N(Cc3cccc4c3NC(N)S4)C[C@@H]21. The van der Waals surface area contributed by atoms with E-state index in [0.29, 0.717) is 44.9 Å². The highest BCUT2D eigenvalue weighted by molar-refractivity contribution is 8.00. The first-order valence-corrected chi connectivity index (χ1v) is 18.4. The van der Waals surface area contributed by atoms with Gasteiger partial charge in [-0.15, -0.1) is 0 Å².